The van der Waals surface area contributed by atoms with Crippen LogP contribution in [0.5, 0.6) is 11.5 Å². The van der Waals surface area contributed by atoms with Crippen LogP contribution in [-0.2, 0) is 0 Å². The Balaban J connectivity index is 1.38. The molecular formula is C44H28N4O2. The molecule has 8 bridgehead atoms. The van der Waals surface area contributed by atoms with Gasteiger partial charge in [-0.05, 0) is 95.1 Å². The van der Waals surface area contributed by atoms with Gasteiger partial charge in [0.1, 0.15) is 11.5 Å². The number of aromatic hydroxyl groups is 2. The normalized spacial score (nSPS) is 17.6. The van der Waals surface area contributed by atoms with E-state index in [2.05, 4.69) is 24.3 Å². The minimum atomic E-state index is 0.162. The fraction of sp³-hybridized carbons (Fsp3) is 0. The molecule has 6 nitrogen and oxygen atoms in total. The van der Waals surface area contributed by atoms with E-state index in [0.29, 0.717) is 0 Å². The average molecular weight is 645 g/mol. The number of benzene rings is 4. The van der Waals surface area contributed by atoms with Gasteiger partial charge in [0, 0.05) is 22.3 Å². The van der Waals surface area contributed by atoms with Gasteiger partial charge in [-0.1, -0.05) is 84.9 Å². The van der Waals surface area contributed by atoms with Crippen LogP contribution in [0.3, 0.4) is 0 Å². The maximum Gasteiger partial charge on any atom is 0.116 e. The molecule has 0 fully saturated rings. The molecular weight excluding hydrogens is 617 g/mol. The van der Waals surface area contributed by atoms with Crippen molar-refractivity contribution in [1.82, 2.24) is 0 Å². The first kappa shape index (κ1) is 29.2. The second-order valence-corrected chi connectivity index (χ2v) is 12.2. The Morgan fingerprint density at radius 3 is 0.920 bits per heavy atom. The van der Waals surface area contributed by atoms with Crippen LogP contribution < -0.4 is 0 Å². The average Bonchev–Trinajstić information content (AvgIpc) is 3.97. The molecule has 4 aromatic carbocycles. The van der Waals surface area contributed by atoms with Crippen LogP contribution in [0.25, 0.3) is 22.3 Å². The third-order valence-corrected chi connectivity index (χ3v) is 9.00. The van der Waals surface area contributed by atoms with Crippen molar-refractivity contribution in [3.05, 3.63) is 203 Å². The molecule has 9 rings (SSSR count). The molecule has 0 spiro atoms. The van der Waals surface area contributed by atoms with E-state index in [-0.39, 0.29) is 11.5 Å². The maximum absolute atomic E-state index is 10.5. The summed E-state index contributed by atoms with van der Waals surface area (Å²) in [6.45, 7) is 0. The molecule has 0 atom stereocenters. The van der Waals surface area contributed by atoms with Gasteiger partial charge in [-0.25, -0.2) is 20.0 Å². The highest BCUT2D eigenvalue weighted by Gasteiger charge is 2.27. The van der Waals surface area contributed by atoms with Gasteiger partial charge >= 0.3 is 0 Å². The first-order valence-corrected chi connectivity index (χ1v) is 16.3. The molecule has 0 aromatic heterocycles. The first-order valence-electron chi connectivity index (χ1n) is 16.3. The summed E-state index contributed by atoms with van der Waals surface area (Å²) in [5.41, 5.74) is 12.9. The second-order valence-electron chi connectivity index (χ2n) is 12.2. The Morgan fingerprint density at radius 2 is 0.600 bits per heavy atom. The third kappa shape index (κ3) is 5.16. The number of hydrogen-bond donors (Lipinski definition) is 2. The number of rotatable bonds is 4. The largest absolute Gasteiger partial charge is 0.508 e. The van der Waals surface area contributed by atoms with E-state index in [1.54, 1.807) is 24.3 Å². The predicted octanol–water partition coefficient (Wildman–Crippen LogP) is 9.10. The van der Waals surface area contributed by atoms with Crippen LogP contribution in [0, 0.1) is 0 Å². The number of aliphatic imine (C=N–C) groups is 4. The van der Waals surface area contributed by atoms with Gasteiger partial charge in [-0.2, -0.15) is 0 Å². The van der Waals surface area contributed by atoms with Gasteiger partial charge in [0.15, 0.2) is 0 Å². The van der Waals surface area contributed by atoms with Crippen molar-refractivity contribution >= 4 is 45.1 Å². The molecule has 2 N–H and O–H groups in total. The summed E-state index contributed by atoms with van der Waals surface area (Å²) in [6, 6.07) is 34.7. The fourth-order valence-electron chi connectivity index (χ4n) is 6.80. The SMILES string of the molecule is Oc1cccc(C2=C3C=CC(=N3)C(c3ccccc3)=C3C=CC(=N3)C(c3cccc(O)c3)=C3C=CC(=N3)C(c3ccccc3)=C3C=CC2=N3)c1. The van der Waals surface area contributed by atoms with Crippen molar-refractivity contribution in [3.63, 3.8) is 0 Å². The lowest BCUT2D eigenvalue weighted by molar-refractivity contribution is 0.474. The number of hydrogen-bond acceptors (Lipinski definition) is 6. The molecule has 0 saturated carbocycles. The Morgan fingerprint density at radius 1 is 0.300 bits per heavy atom. The molecule has 236 valence electrons. The van der Waals surface area contributed by atoms with Gasteiger partial charge in [0.25, 0.3) is 0 Å². The topological polar surface area (TPSA) is 89.9 Å². The van der Waals surface area contributed by atoms with E-state index in [1.165, 1.54) is 0 Å². The first-order chi connectivity index (χ1) is 24.6. The smallest absolute Gasteiger partial charge is 0.116 e. The molecule has 6 heteroatoms. The Bertz CT molecular complexity index is 2340. The van der Waals surface area contributed by atoms with E-state index in [9.17, 15) is 10.2 Å². The zero-order chi connectivity index (χ0) is 33.6. The van der Waals surface area contributed by atoms with Crippen molar-refractivity contribution < 1.29 is 10.2 Å². The number of fused-ring (bicyclic) bond motifs is 4. The van der Waals surface area contributed by atoms with E-state index in [0.717, 1.165) is 90.2 Å². The minimum Gasteiger partial charge on any atom is -0.508 e. The minimum absolute atomic E-state index is 0.162. The Labute approximate surface area is 289 Å². The van der Waals surface area contributed by atoms with Gasteiger partial charge in [0.2, 0.25) is 0 Å². The maximum atomic E-state index is 10.5. The van der Waals surface area contributed by atoms with Crippen LogP contribution in [0.15, 0.2) is 201 Å². The van der Waals surface area contributed by atoms with Crippen LogP contribution in [0.1, 0.15) is 22.3 Å². The lowest BCUT2D eigenvalue weighted by Gasteiger charge is -2.12. The molecule has 5 aliphatic rings. The van der Waals surface area contributed by atoms with Gasteiger partial charge in [-0.15, -0.1) is 0 Å². The summed E-state index contributed by atoms with van der Waals surface area (Å²) in [5.74, 6) is 0.323. The van der Waals surface area contributed by atoms with Crippen LogP contribution >= 0.6 is 0 Å². The molecule has 0 amide bonds. The van der Waals surface area contributed by atoms with Crippen LogP contribution in [-0.4, -0.2) is 33.1 Å². The lowest BCUT2D eigenvalue weighted by Crippen LogP contribution is -2.03. The van der Waals surface area contributed by atoms with E-state index >= 15 is 0 Å². The highest BCUT2D eigenvalue weighted by Crippen LogP contribution is 2.39. The monoisotopic (exact) mass is 644 g/mol. The summed E-state index contributed by atoms with van der Waals surface area (Å²) in [7, 11) is 0. The quantitative estimate of drug-likeness (QED) is 0.232. The second kappa shape index (κ2) is 12.0. The van der Waals surface area contributed by atoms with Gasteiger partial charge in [-0.3, -0.25) is 0 Å². The number of allylic oxidation sites excluding steroid dienone is 12. The number of phenols is 2. The highest BCUT2D eigenvalue weighted by atomic mass is 16.3. The molecule has 0 radical (unpaired) electrons. The molecule has 0 aliphatic carbocycles. The molecule has 5 heterocycles. The third-order valence-electron chi connectivity index (χ3n) is 9.00. The van der Waals surface area contributed by atoms with Gasteiger partial charge in [0.05, 0.1) is 45.6 Å². The Hall–Kier alpha value is -6.92. The van der Waals surface area contributed by atoms with Crippen LogP contribution in [0.2, 0.25) is 0 Å². The number of phenolic OH excluding ortho intramolecular Hbond substituents is 2. The molecule has 50 heavy (non-hydrogen) atoms. The lowest BCUT2D eigenvalue weighted by atomic mass is 9.98. The Kier molecular flexibility index (Phi) is 6.99. The standard InChI is InChI=1S/C44H28N4O2/c49-31-15-7-13-29(25-31)43-37-21-17-33(45-37)41(27-9-3-1-4-10-27)34-18-22-38(46-34)44(30-14-8-16-32(50)26-30)40-24-20-36(48-40)42(28-11-5-2-6-12-28)35-19-23-39(43)47-35/h1-26,49-50H. The van der Waals surface area contributed by atoms with Crippen molar-refractivity contribution in [3.8, 4) is 11.5 Å². The summed E-state index contributed by atoms with van der Waals surface area (Å²) >= 11 is 0. The number of nitrogens with zero attached hydrogens (tertiary/aromatic N) is 4. The van der Waals surface area contributed by atoms with E-state index in [4.69, 9.17) is 20.0 Å². The van der Waals surface area contributed by atoms with Crippen molar-refractivity contribution in [2.45, 2.75) is 0 Å². The van der Waals surface area contributed by atoms with Crippen molar-refractivity contribution in [2.24, 2.45) is 20.0 Å². The summed E-state index contributed by atoms with van der Waals surface area (Å²) < 4.78 is 0. The molecule has 5 aliphatic heterocycles. The molecule has 4 aromatic rings. The summed E-state index contributed by atoms with van der Waals surface area (Å²) in [4.78, 5) is 20.9. The highest BCUT2D eigenvalue weighted by molar-refractivity contribution is 6.39. The zero-order valence-corrected chi connectivity index (χ0v) is 26.7. The van der Waals surface area contributed by atoms with Crippen LogP contribution in [0.4, 0.5) is 0 Å². The van der Waals surface area contributed by atoms with Crippen molar-refractivity contribution in [1.29, 1.82) is 0 Å². The van der Waals surface area contributed by atoms with Gasteiger partial charge < -0.3 is 10.2 Å². The van der Waals surface area contributed by atoms with E-state index in [1.807, 2.05) is 109 Å². The predicted molar refractivity (Wildman–Crippen MR) is 203 cm³/mol. The fourth-order valence-corrected chi connectivity index (χ4v) is 6.80. The van der Waals surface area contributed by atoms with Crippen molar-refractivity contribution in [2.75, 3.05) is 0 Å². The van der Waals surface area contributed by atoms with E-state index < -0.39 is 0 Å². The molecule has 0 saturated heterocycles. The summed E-state index contributed by atoms with van der Waals surface area (Å²) in [6.07, 6.45) is 16.1. The zero-order valence-electron chi connectivity index (χ0n) is 26.7. The molecule has 0 unspecified atom stereocenters. The summed E-state index contributed by atoms with van der Waals surface area (Å²) in [5, 5.41) is 21.1.